The van der Waals surface area contributed by atoms with Gasteiger partial charge in [-0.1, -0.05) is 20.8 Å². The van der Waals surface area contributed by atoms with Crippen molar-refractivity contribution in [2.75, 3.05) is 12.3 Å². The summed E-state index contributed by atoms with van der Waals surface area (Å²) in [6.07, 6.45) is 3.79. The normalized spacial score (nSPS) is 25.2. The molecular formula is C17H27NO2. The van der Waals surface area contributed by atoms with Gasteiger partial charge >= 0.3 is 0 Å². The zero-order chi connectivity index (χ0) is 14.8. The van der Waals surface area contributed by atoms with Gasteiger partial charge < -0.3 is 15.2 Å². The predicted octanol–water partition coefficient (Wildman–Crippen LogP) is 4.26. The quantitative estimate of drug-likeness (QED) is 0.836. The van der Waals surface area contributed by atoms with Crippen LogP contribution in [0.1, 0.15) is 47.0 Å². The van der Waals surface area contributed by atoms with Gasteiger partial charge in [0.05, 0.1) is 18.4 Å². The van der Waals surface area contributed by atoms with Gasteiger partial charge in [-0.15, -0.1) is 0 Å². The molecule has 20 heavy (non-hydrogen) atoms. The van der Waals surface area contributed by atoms with Crippen LogP contribution in [0, 0.1) is 11.3 Å². The number of anilines is 1. The lowest BCUT2D eigenvalue weighted by Crippen LogP contribution is -2.34. The van der Waals surface area contributed by atoms with Crippen molar-refractivity contribution in [3.05, 3.63) is 18.2 Å². The molecule has 1 aliphatic carbocycles. The molecule has 1 fully saturated rings. The molecule has 0 spiro atoms. The molecule has 0 radical (unpaired) electrons. The topological polar surface area (TPSA) is 44.5 Å². The van der Waals surface area contributed by atoms with Crippen molar-refractivity contribution in [1.29, 1.82) is 0 Å². The van der Waals surface area contributed by atoms with Gasteiger partial charge in [-0.3, -0.25) is 0 Å². The van der Waals surface area contributed by atoms with Crippen LogP contribution in [0.3, 0.4) is 0 Å². The van der Waals surface area contributed by atoms with Gasteiger partial charge in [0.2, 0.25) is 0 Å². The fraction of sp³-hybridized carbons (Fsp3) is 0.647. The highest BCUT2D eigenvalue weighted by Gasteiger charge is 2.33. The van der Waals surface area contributed by atoms with E-state index in [2.05, 4.69) is 20.8 Å². The van der Waals surface area contributed by atoms with E-state index in [1.807, 2.05) is 25.1 Å². The molecule has 2 unspecified atom stereocenters. The molecule has 1 aromatic rings. The third-order valence-electron chi connectivity index (χ3n) is 3.93. The molecule has 0 aliphatic heterocycles. The maximum Gasteiger partial charge on any atom is 0.145 e. The van der Waals surface area contributed by atoms with Crippen LogP contribution in [-0.4, -0.2) is 12.7 Å². The molecule has 2 atom stereocenters. The lowest BCUT2D eigenvalue weighted by atomic mass is 9.71. The Balaban J connectivity index is 2.07. The second-order valence-electron chi connectivity index (χ2n) is 6.79. The minimum atomic E-state index is 0.284. The van der Waals surface area contributed by atoms with E-state index in [0.717, 1.165) is 18.6 Å². The summed E-state index contributed by atoms with van der Waals surface area (Å²) in [6, 6.07) is 5.70. The zero-order valence-corrected chi connectivity index (χ0v) is 13.1. The van der Waals surface area contributed by atoms with Crippen molar-refractivity contribution in [1.82, 2.24) is 0 Å². The standard InChI is InChI=1S/C17H27NO2/c1-5-19-16-9-13(6-7-15(16)18)20-14-8-12(2)10-17(3,4)11-14/h6-7,9,12,14H,5,8,10-11,18H2,1-4H3. The molecular weight excluding hydrogens is 250 g/mol. The summed E-state index contributed by atoms with van der Waals surface area (Å²) in [7, 11) is 0. The molecule has 1 saturated carbocycles. The lowest BCUT2D eigenvalue weighted by molar-refractivity contribution is 0.0561. The Kier molecular flexibility index (Phi) is 4.46. The van der Waals surface area contributed by atoms with E-state index in [9.17, 15) is 0 Å². The third kappa shape index (κ3) is 3.81. The summed E-state index contributed by atoms with van der Waals surface area (Å²) >= 11 is 0. The maximum atomic E-state index is 6.17. The molecule has 0 bridgehead atoms. The van der Waals surface area contributed by atoms with Crippen molar-refractivity contribution in [2.24, 2.45) is 11.3 Å². The Labute approximate surface area is 122 Å². The number of rotatable bonds is 4. The highest BCUT2D eigenvalue weighted by atomic mass is 16.5. The zero-order valence-electron chi connectivity index (χ0n) is 13.1. The molecule has 112 valence electrons. The van der Waals surface area contributed by atoms with Crippen LogP contribution in [0.2, 0.25) is 0 Å². The van der Waals surface area contributed by atoms with Gasteiger partial charge in [-0.2, -0.15) is 0 Å². The van der Waals surface area contributed by atoms with Gasteiger partial charge in [-0.05, 0) is 49.7 Å². The summed E-state index contributed by atoms with van der Waals surface area (Å²) in [5.41, 5.74) is 6.92. The third-order valence-corrected chi connectivity index (χ3v) is 3.93. The molecule has 0 aromatic heterocycles. The predicted molar refractivity (Wildman–Crippen MR) is 83.2 cm³/mol. The molecule has 3 heteroatoms. The van der Waals surface area contributed by atoms with E-state index in [0.29, 0.717) is 29.4 Å². The SMILES string of the molecule is CCOc1cc(OC2CC(C)CC(C)(C)C2)ccc1N. The fourth-order valence-electron chi connectivity index (χ4n) is 3.41. The number of ether oxygens (including phenoxy) is 2. The van der Waals surface area contributed by atoms with Crippen molar-refractivity contribution in [3.8, 4) is 11.5 Å². The van der Waals surface area contributed by atoms with Crippen molar-refractivity contribution in [2.45, 2.75) is 53.1 Å². The van der Waals surface area contributed by atoms with Crippen molar-refractivity contribution >= 4 is 5.69 Å². The summed E-state index contributed by atoms with van der Waals surface area (Å²) in [5.74, 6) is 2.29. The van der Waals surface area contributed by atoms with Crippen molar-refractivity contribution < 1.29 is 9.47 Å². The molecule has 1 aliphatic rings. The highest BCUT2D eigenvalue weighted by Crippen LogP contribution is 2.40. The molecule has 1 aromatic carbocycles. The first kappa shape index (κ1) is 15.0. The van der Waals surface area contributed by atoms with E-state index >= 15 is 0 Å². The average Bonchev–Trinajstić information content (AvgIpc) is 2.31. The van der Waals surface area contributed by atoms with E-state index in [4.69, 9.17) is 15.2 Å². The minimum Gasteiger partial charge on any atom is -0.492 e. The van der Waals surface area contributed by atoms with Crippen LogP contribution in [-0.2, 0) is 0 Å². The van der Waals surface area contributed by atoms with Crippen LogP contribution in [0.15, 0.2) is 18.2 Å². The van der Waals surface area contributed by atoms with E-state index in [-0.39, 0.29) is 6.10 Å². The molecule has 2 N–H and O–H groups in total. The molecule has 3 nitrogen and oxygen atoms in total. The summed E-state index contributed by atoms with van der Waals surface area (Å²) in [5, 5.41) is 0. The Morgan fingerprint density at radius 3 is 2.70 bits per heavy atom. The molecule has 0 saturated heterocycles. The van der Waals surface area contributed by atoms with Gasteiger partial charge in [0.25, 0.3) is 0 Å². The summed E-state index contributed by atoms with van der Waals surface area (Å²) in [4.78, 5) is 0. The number of hydrogen-bond donors (Lipinski definition) is 1. The summed E-state index contributed by atoms with van der Waals surface area (Å²) in [6.45, 7) is 9.53. The van der Waals surface area contributed by atoms with Gasteiger partial charge in [0.1, 0.15) is 11.5 Å². The molecule has 2 rings (SSSR count). The van der Waals surface area contributed by atoms with Gasteiger partial charge in [0, 0.05) is 6.07 Å². The summed E-state index contributed by atoms with van der Waals surface area (Å²) < 4.78 is 11.7. The Bertz CT molecular complexity index is 456. The monoisotopic (exact) mass is 277 g/mol. The Morgan fingerprint density at radius 2 is 2.05 bits per heavy atom. The first-order valence-corrected chi connectivity index (χ1v) is 7.58. The fourth-order valence-corrected chi connectivity index (χ4v) is 3.41. The first-order chi connectivity index (χ1) is 9.39. The second kappa shape index (κ2) is 5.94. The lowest BCUT2D eigenvalue weighted by Gasteiger charge is -2.38. The van der Waals surface area contributed by atoms with E-state index in [1.54, 1.807) is 0 Å². The van der Waals surface area contributed by atoms with Crippen molar-refractivity contribution in [3.63, 3.8) is 0 Å². The van der Waals surface area contributed by atoms with Crippen LogP contribution < -0.4 is 15.2 Å². The molecule has 0 amide bonds. The largest absolute Gasteiger partial charge is 0.492 e. The Hall–Kier alpha value is -1.38. The average molecular weight is 277 g/mol. The first-order valence-electron chi connectivity index (χ1n) is 7.58. The molecule has 0 heterocycles. The van der Waals surface area contributed by atoms with E-state index < -0.39 is 0 Å². The highest BCUT2D eigenvalue weighted by molar-refractivity contribution is 5.55. The smallest absolute Gasteiger partial charge is 0.145 e. The van der Waals surface area contributed by atoms with Crippen LogP contribution in [0.4, 0.5) is 5.69 Å². The van der Waals surface area contributed by atoms with Gasteiger partial charge in [-0.25, -0.2) is 0 Å². The number of benzene rings is 1. The number of nitrogen functional groups attached to an aromatic ring is 1. The van der Waals surface area contributed by atoms with Crippen LogP contribution >= 0.6 is 0 Å². The van der Waals surface area contributed by atoms with E-state index in [1.165, 1.54) is 6.42 Å². The maximum absolute atomic E-state index is 6.17. The van der Waals surface area contributed by atoms with Crippen LogP contribution in [0.5, 0.6) is 11.5 Å². The second-order valence-corrected chi connectivity index (χ2v) is 6.79. The van der Waals surface area contributed by atoms with Gasteiger partial charge in [0.15, 0.2) is 0 Å². The Morgan fingerprint density at radius 1 is 1.30 bits per heavy atom. The number of hydrogen-bond acceptors (Lipinski definition) is 3. The van der Waals surface area contributed by atoms with Crippen LogP contribution in [0.25, 0.3) is 0 Å². The minimum absolute atomic E-state index is 0.284. The number of nitrogens with two attached hydrogens (primary N) is 1.